The number of amides is 3. The van der Waals surface area contributed by atoms with Crippen molar-refractivity contribution >= 4 is 51.0 Å². The molecule has 2 bridgehead atoms. The summed E-state index contributed by atoms with van der Waals surface area (Å²) in [6.45, 7) is 14.2. The quantitative estimate of drug-likeness (QED) is 0.0710. The first-order valence-corrected chi connectivity index (χ1v) is 20.2. The lowest BCUT2D eigenvalue weighted by Crippen LogP contribution is -2.57. The van der Waals surface area contributed by atoms with Gasteiger partial charge >= 0.3 is 5.97 Å². The van der Waals surface area contributed by atoms with Crippen molar-refractivity contribution < 1.29 is 33.8 Å². The van der Waals surface area contributed by atoms with E-state index in [1.54, 1.807) is 22.0 Å². The number of fused-ring (bicyclic) bond motifs is 1. The number of rotatable bonds is 21. The summed E-state index contributed by atoms with van der Waals surface area (Å²) < 4.78 is 13.0. The summed E-state index contributed by atoms with van der Waals surface area (Å²) in [5.41, 5.74) is 1.14. The number of carbonyl (C=O) groups excluding carboxylic acids is 4. The topological polar surface area (TPSA) is 129 Å². The van der Waals surface area contributed by atoms with E-state index in [4.69, 9.17) is 9.47 Å². The number of benzene rings is 2. The van der Waals surface area contributed by atoms with E-state index in [2.05, 4.69) is 53.2 Å². The third-order valence-electron chi connectivity index (χ3n) is 11.0. The number of unbranched alkanes of at least 4 members (excludes halogenated alkanes) is 3. The molecule has 1 spiro atoms. The Morgan fingerprint density at radius 1 is 1.04 bits per heavy atom. The molecule has 12 heteroatoms. The highest BCUT2D eigenvalue weighted by Crippen LogP contribution is 2.60. The van der Waals surface area contributed by atoms with Crippen molar-refractivity contribution in [3.63, 3.8) is 0 Å². The molecule has 3 aliphatic rings. The van der Waals surface area contributed by atoms with E-state index < -0.39 is 41.7 Å². The molecule has 3 saturated heterocycles. The monoisotopic (exact) mass is 806 g/mol. The molecule has 5 rings (SSSR count). The molecule has 2 N–H and O–H groups in total. The number of nitrogens with one attached hydrogen (secondary N) is 1. The summed E-state index contributed by atoms with van der Waals surface area (Å²) in [5, 5.41) is 12.2. The van der Waals surface area contributed by atoms with Crippen LogP contribution in [0.2, 0.25) is 0 Å². The Hall–Kier alpha value is -4.00. The molecule has 0 saturated carbocycles. The van der Waals surface area contributed by atoms with Crippen LogP contribution in [0.5, 0.6) is 0 Å². The van der Waals surface area contributed by atoms with Crippen LogP contribution in [0, 0.1) is 11.8 Å². The molecule has 0 radical (unpaired) electrons. The first-order chi connectivity index (χ1) is 26.1. The van der Waals surface area contributed by atoms with Crippen molar-refractivity contribution in [2.45, 2.75) is 87.5 Å². The molecular formula is C42H55BrN4O7. The van der Waals surface area contributed by atoms with Crippen LogP contribution >= 0.6 is 15.9 Å². The van der Waals surface area contributed by atoms with Crippen LogP contribution in [-0.2, 0) is 28.7 Å². The molecule has 3 fully saturated rings. The van der Waals surface area contributed by atoms with Gasteiger partial charge in [-0.3, -0.25) is 19.2 Å². The number of aliphatic hydroxyl groups is 1. The van der Waals surface area contributed by atoms with Crippen LogP contribution < -0.4 is 15.1 Å². The lowest BCUT2D eigenvalue weighted by molar-refractivity contribution is -0.160. The predicted octanol–water partition coefficient (Wildman–Crippen LogP) is 5.72. The second kappa shape index (κ2) is 19.0. The van der Waals surface area contributed by atoms with Gasteiger partial charge in [-0.1, -0.05) is 71.3 Å². The summed E-state index contributed by atoms with van der Waals surface area (Å²) in [6.07, 6.45) is 5.79. The van der Waals surface area contributed by atoms with Gasteiger partial charge in [-0.25, -0.2) is 0 Å². The van der Waals surface area contributed by atoms with E-state index in [0.29, 0.717) is 43.5 Å². The second-order valence-electron chi connectivity index (χ2n) is 14.2. The van der Waals surface area contributed by atoms with Crippen molar-refractivity contribution in [1.29, 1.82) is 0 Å². The Morgan fingerprint density at radius 3 is 2.37 bits per heavy atom. The zero-order chi connectivity index (χ0) is 38.8. The van der Waals surface area contributed by atoms with E-state index in [0.717, 1.165) is 31.6 Å². The van der Waals surface area contributed by atoms with E-state index >= 15 is 4.79 Å². The number of ether oxygens (including phenoxy) is 2. The Morgan fingerprint density at radius 2 is 1.72 bits per heavy atom. The first kappa shape index (κ1) is 41.2. The van der Waals surface area contributed by atoms with Crippen LogP contribution in [0.4, 0.5) is 11.4 Å². The Bertz CT molecular complexity index is 1620. The van der Waals surface area contributed by atoms with Gasteiger partial charge in [0.2, 0.25) is 11.8 Å². The minimum absolute atomic E-state index is 0.0517. The maximum absolute atomic E-state index is 15.0. The molecule has 3 aliphatic heterocycles. The van der Waals surface area contributed by atoms with Gasteiger partial charge in [0.05, 0.1) is 24.5 Å². The van der Waals surface area contributed by atoms with Crippen molar-refractivity contribution in [2.75, 3.05) is 49.1 Å². The number of anilines is 2. The molecule has 54 heavy (non-hydrogen) atoms. The number of hydrogen-bond acceptors (Lipinski definition) is 8. The van der Waals surface area contributed by atoms with E-state index in [1.165, 1.54) is 0 Å². The lowest BCUT2D eigenvalue weighted by atomic mass is 9.70. The fraction of sp³-hybridized carbons (Fsp3) is 0.524. The fourth-order valence-corrected chi connectivity index (χ4v) is 9.28. The maximum Gasteiger partial charge on any atom is 0.313 e. The smallest absolute Gasteiger partial charge is 0.313 e. The minimum atomic E-state index is -1.27. The third-order valence-corrected chi connectivity index (χ3v) is 11.8. The molecule has 1 unspecified atom stereocenters. The number of alkyl halides is 1. The molecule has 2 aromatic carbocycles. The van der Waals surface area contributed by atoms with Gasteiger partial charge in [-0.2, -0.15) is 0 Å². The fourth-order valence-electron chi connectivity index (χ4n) is 8.34. The van der Waals surface area contributed by atoms with Gasteiger partial charge in [0.15, 0.2) is 0 Å². The molecule has 7 atom stereocenters. The van der Waals surface area contributed by atoms with Crippen LogP contribution in [0.3, 0.4) is 0 Å². The standard InChI is InChI=1S/C42H55BrN4O7/c1-5-9-19-34(49)44-28-33(29-17-13-12-14-18-29)53-41(52)35-36-39(50)47(25-15-10-11-16-26-48)38(42(36)27-32(43)37(35)54-42)40(51)46(24-6-2)31-22-20-30(21-23-31)45(7-3)8-4/h5-6,12-14,17-18,20-23,32-33,35-38,48H,1-2,7-11,15-16,19,24-28H2,3-4H3,(H,44,49)/t32?,33-,35+,36-,37+,38+,42-/m1/s1. The average molecular weight is 808 g/mol. The largest absolute Gasteiger partial charge is 0.455 e. The van der Waals surface area contributed by atoms with Gasteiger partial charge in [-0.05, 0) is 69.4 Å². The number of esters is 1. The van der Waals surface area contributed by atoms with Crippen molar-refractivity contribution in [3.05, 3.63) is 85.5 Å². The zero-order valence-electron chi connectivity index (χ0n) is 31.5. The third kappa shape index (κ3) is 8.61. The minimum Gasteiger partial charge on any atom is -0.455 e. The van der Waals surface area contributed by atoms with Crippen LogP contribution in [0.1, 0.15) is 70.5 Å². The van der Waals surface area contributed by atoms with Crippen LogP contribution in [0.15, 0.2) is 79.9 Å². The number of allylic oxidation sites excluding steroid dienone is 1. The van der Waals surface area contributed by atoms with Crippen molar-refractivity contribution in [3.8, 4) is 0 Å². The highest BCUT2D eigenvalue weighted by molar-refractivity contribution is 9.09. The molecule has 11 nitrogen and oxygen atoms in total. The van der Waals surface area contributed by atoms with Gasteiger partial charge in [-0.15, -0.1) is 13.2 Å². The molecular weight excluding hydrogens is 752 g/mol. The van der Waals surface area contributed by atoms with Crippen molar-refractivity contribution in [2.24, 2.45) is 11.8 Å². The highest BCUT2D eigenvalue weighted by Gasteiger charge is 2.77. The predicted molar refractivity (Wildman–Crippen MR) is 213 cm³/mol. The van der Waals surface area contributed by atoms with Gasteiger partial charge in [0.25, 0.3) is 5.91 Å². The van der Waals surface area contributed by atoms with Crippen molar-refractivity contribution in [1.82, 2.24) is 10.2 Å². The second-order valence-corrected chi connectivity index (χ2v) is 15.4. The normalized spacial score (nSPS) is 24.5. The number of aliphatic hydroxyl groups excluding tert-OH is 1. The van der Waals surface area contributed by atoms with Gasteiger partial charge in [0.1, 0.15) is 17.7 Å². The number of likely N-dealkylation sites (tertiary alicyclic amines) is 1. The number of nitrogens with zero attached hydrogens (tertiary/aromatic N) is 3. The Balaban J connectivity index is 1.47. The first-order valence-electron chi connectivity index (χ1n) is 19.3. The highest BCUT2D eigenvalue weighted by atomic mass is 79.9. The Labute approximate surface area is 327 Å². The molecule has 3 amide bonds. The number of carbonyl (C=O) groups is 4. The summed E-state index contributed by atoms with van der Waals surface area (Å²) in [7, 11) is 0. The molecule has 3 heterocycles. The van der Waals surface area contributed by atoms with E-state index in [9.17, 15) is 19.5 Å². The number of hydrogen-bond donors (Lipinski definition) is 2. The van der Waals surface area contributed by atoms with E-state index in [1.807, 2.05) is 54.6 Å². The van der Waals surface area contributed by atoms with E-state index in [-0.39, 0.29) is 48.7 Å². The summed E-state index contributed by atoms with van der Waals surface area (Å²) in [4.78, 5) is 61.9. The molecule has 0 aliphatic carbocycles. The molecule has 2 aromatic rings. The summed E-state index contributed by atoms with van der Waals surface area (Å²) in [5.74, 6) is -3.31. The maximum atomic E-state index is 15.0. The summed E-state index contributed by atoms with van der Waals surface area (Å²) >= 11 is 3.77. The van der Waals surface area contributed by atoms with Gasteiger partial charge < -0.3 is 34.6 Å². The lowest BCUT2D eigenvalue weighted by Gasteiger charge is -2.37. The zero-order valence-corrected chi connectivity index (χ0v) is 33.1. The Kier molecular flexibility index (Phi) is 14.5. The van der Waals surface area contributed by atoms with Crippen LogP contribution in [0.25, 0.3) is 0 Å². The molecule has 0 aromatic heterocycles. The SMILES string of the molecule is C=CCCC(=O)NC[C@@H](OC(=O)[C@@H]1[C@H]2O[C@@]3(CC2Br)[C@H](C(=O)N(CC=C)c2ccc(N(CC)CC)cc2)N(CCCCCCO)C(=O)[C@@H]13)c1ccccc1. The number of halogens is 1. The van der Waals surface area contributed by atoms with Gasteiger partial charge in [0, 0.05) is 55.4 Å². The molecule has 292 valence electrons. The average Bonchev–Trinajstić information content (AvgIpc) is 3.78. The summed E-state index contributed by atoms with van der Waals surface area (Å²) in [6, 6.07) is 16.0. The van der Waals surface area contributed by atoms with Crippen LogP contribution in [-0.4, -0.2) is 95.6 Å².